The molecule has 0 aliphatic heterocycles. The first-order valence-corrected chi connectivity index (χ1v) is 10.9. The van der Waals surface area contributed by atoms with Gasteiger partial charge in [-0.2, -0.15) is 0 Å². The van der Waals surface area contributed by atoms with Crippen molar-refractivity contribution in [2.45, 2.75) is 0 Å². The molecular weight excluding hydrogens is 352 g/mol. The van der Waals surface area contributed by atoms with Crippen molar-refractivity contribution in [1.29, 1.82) is 0 Å². The molecule has 92 valence electrons. The van der Waals surface area contributed by atoms with E-state index in [-0.39, 0.29) is 0 Å². The van der Waals surface area contributed by atoms with E-state index in [1.54, 1.807) is 0 Å². The van der Waals surface area contributed by atoms with Crippen LogP contribution in [0, 0.1) is 0 Å². The summed E-state index contributed by atoms with van der Waals surface area (Å²) in [5.41, 5.74) is 4.86. The summed E-state index contributed by atoms with van der Waals surface area (Å²) in [5.74, 6) is 0. The van der Waals surface area contributed by atoms with Gasteiger partial charge < -0.3 is 0 Å². The first kappa shape index (κ1) is 12.3. The molecule has 0 N–H and O–H groups in total. The molecule has 3 rings (SSSR count). The van der Waals surface area contributed by atoms with E-state index >= 15 is 0 Å². The molecule has 0 saturated carbocycles. The molecule has 0 heterocycles. The van der Waals surface area contributed by atoms with Gasteiger partial charge in [-0.15, -0.1) is 0 Å². The fourth-order valence-corrected chi connectivity index (χ4v) is 4.65. The maximum atomic E-state index is 6.19. The van der Waals surface area contributed by atoms with Crippen molar-refractivity contribution in [2.24, 2.45) is 0 Å². The van der Waals surface area contributed by atoms with Gasteiger partial charge in [-0.25, -0.2) is 0 Å². The summed E-state index contributed by atoms with van der Waals surface area (Å²) < 4.78 is 1.12. The van der Waals surface area contributed by atoms with Gasteiger partial charge in [0.1, 0.15) is 0 Å². The summed E-state index contributed by atoms with van der Waals surface area (Å²) >= 11 is -1.88. The molecule has 1 aliphatic carbocycles. The Morgan fingerprint density at radius 1 is 0.722 bits per heavy atom. The van der Waals surface area contributed by atoms with E-state index in [4.69, 9.17) is 19.4 Å². The van der Waals surface area contributed by atoms with Crippen LogP contribution in [-0.2, 0) is 13.5 Å². The van der Waals surface area contributed by atoms with Crippen LogP contribution in [0.1, 0.15) is 16.7 Å². The number of benzene rings is 2. The van der Waals surface area contributed by atoms with E-state index < -0.39 is 13.5 Å². The summed E-state index contributed by atoms with van der Waals surface area (Å²) in [5, 5.41) is 0. The Balaban J connectivity index is 2.24. The minimum absolute atomic E-state index is 1.12. The molecule has 0 spiro atoms. The van der Waals surface area contributed by atoms with E-state index in [0.717, 1.165) is 4.11 Å². The topological polar surface area (TPSA) is 0 Å². The number of fused-ring (bicyclic) bond motifs is 1. The summed E-state index contributed by atoms with van der Waals surface area (Å²) in [6.07, 6.45) is 2.15. The van der Waals surface area contributed by atoms with E-state index in [0.29, 0.717) is 0 Å². The van der Waals surface area contributed by atoms with Crippen LogP contribution < -0.4 is 0 Å². The first-order valence-electron chi connectivity index (χ1n) is 5.51. The monoisotopic (exact) mass is 362 g/mol. The quantitative estimate of drug-likeness (QED) is 0.652. The van der Waals surface area contributed by atoms with E-state index in [1.165, 1.54) is 22.3 Å². The minimum atomic E-state index is -1.88. The zero-order valence-electron chi connectivity index (χ0n) is 9.38. The molecule has 2 aromatic rings. The second kappa shape index (κ2) is 5.09. The normalized spacial score (nSPS) is 14.2. The average molecular weight is 362 g/mol. The van der Waals surface area contributed by atoms with Crippen LogP contribution in [0.3, 0.4) is 0 Å². The first-order chi connectivity index (χ1) is 8.77. The zero-order chi connectivity index (χ0) is 12.5. The van der Waals surface area contributed by atoms with Gasteiger partial charge in [0.15, 0.2) is 0 Å². The van der Waals surface area contributed by atoms with Crippen LogP contribution in [0.4, 0.5) is 0 Å². The van der Waals surface area contributed by atoms with Crippen molar-refractivity contribution < 1.29 is 13.5 Å². The summed E-state index contributed by atoms with van der Waals surface area (Å²) in [4.78, 5) is 0. The van der Waals surface area contributed by atoms with Gasteiger partial charge in [0.05, 0.1) is 0 Å². The molecule has 0 unspecified atom stereocenters. The van der Waals surface area contributed by atoms with Gasteiger partial charge >= 0.3 is 120 Å². The zero-order valence-corrected chi connectivity index (χ0v) is 12.6. The SMILES string of the molecule is [Cl][Ru]([Cl])=[C]1C=C(c2ccccc2)c2ccccc21. The van der Waals surface area contributed by atoms with Gasteiger partial charge in [0.25, 0.3) is 0 Å². The number of hydrogen-bond donors (Lipinski definition) is 0. The molecule has 0 amide bonds. The van der Waals surface area contributed by atoms with E-state index in [2.05, 4.69) is 36.4 Å². The molecule has 18 heavy (non-hydrogen) atoms. The molecule has 1 aliphatic rings. The van der Waals surface area contributed by atoms with Crippen LogP contribution in [0.15, 0.2) is 60.7 Å². The Kier molecular flexibility index (Phi) is 3.48. The molecule has 0 atom stereocenters. The fraction of sp³-hybridized carbons (Fsp3) is 0. The Bertz CT molecular complexity index is 653. The van der Waals surface area contributed by atoms with Gasteiger partial charge in [-0.1, -0.05) is 0 Å². The predicted octanol–water partition coefficient (Wildman–Crippen LogP) is 4.58. The number of halogens is 2. The second-order valence-corrected chi connectivity index (χ2v) is 9.80. The van der Waals surface area contributed by atoms with Crippen LogP contribution in [0.2, 0.25) is 0 Å². The van der Waals surface area contributed by atoms with Crippen LogP contribution >= 0.6 is 19.4 Å². The summed E-state index contributed by atoms with van der Waals surface area (Å²) in [6, 6.07) is 18.7. The van der Waals surface area contributed by atoms with Gasteiger partial charge in [0, 0.05) is 0 Å². The molecule has 0 nitrogen and oxygen atoms in total. The molecule has 0 aromatic heterocycles. The van der Waals surface area contributed by atoms with Crippen molar-refractivity contribution in [3.8, 4) is 0 Å². The fourth-order valence-electron chi connectivity index (χ4n) is 2.17. The molecule has 0 radical (unpaired) electrons. The van der Waals surface area contributed by atoms with Crippen molar-refractivity contribution >= 4 is 29.1 Å². The van der Waals surface area contributed by atoms with E-state index in [1.807, 2.05) is 24.3 Å². The molecule has 0 saturated heterocycles. The van der Waals surface area contributed by atoms with Crippen molar-refractivity contribution in [3.05, 3.63) is 77.4 Å². The molecule has 3 heteroatoms. The Morgan fingerprint density at radius 2 is 1.33 bits per heavy atom. The number of hydrogen-bond acceptors (Lipinski definition) is 0. The number of rotatable bonds is 1. The Hall–Kier alpha value is -0.747. The third-order valence-corrected chi connectivity index (χ3v) is 6.09. The average Bonchev–Trinajstić information content (AvgIpc) is 2.79. The van der Waals surface area contributed by atoms with Crippen molar-refractivity contribution in [3.63, 3.8) is 0 Å². The van der Waals surface area contributed by atoms with Gasteiger partial charge in [0.2, 0.25) is 0 Å². The van der Waals surface area contributed by atoms with Crippen molar-refractivity contribution in [1.82, 2.24) is 0 Å². The summed E-state index contributed by atoms with van der Waals surface area (Å²) in [7, 11) is 12.4. The predicted molar refractivity (Wildman–Crippen MR) is 75.8 cm³/mol. The van der Waals surface area contributed by atoms with Gasteiger partial charge in [-0.05, 0) is 0 Å². The number of allylic oxidation sites excluding steroid dienone is 1. The Morgan fingerprint density at radius 3 is 2.00 bits per heavy atom. The van der Waals surface area contributed by atoms with Crippen LogP contribution in [0.25, 0.3) is 5.57 Å². The third-order valence-electron chi connectivity index (χ3n) is 2.96. The van der Waals surface area contributed by atoms with Gasteiger partial charge in [-0.3, -0.25) is 0 Å². The summed E-state index contributed by atoms with van der Waals surface area (Å²) in [6.45, 7) is 0. The third kappa shape index (κ3) is 2.12. The van der Waals surface area contributed by atoms with Crippen LogP contribution in [0.5, 0.6) is 0 Å². The van der Waals surface area contributed by atoms with Crippen LogP contribution in [-0.4, -0.2) is 4.11 Å². The molecular formula is C15H10Cl2Ru. The Labute approximate surface area is 119 Å². The maximum absolute atomic E-state index is 6.19. The van der Waals surface area contributed by atoms with Crippen molar-refractivity contribution in [2.75, 3.05) is 0 Å². The second-order valence-electron chi connectivity index (χ2n) is 3.99. The molecule has 2 aromatic carbocycles. The molecule has 0 fully saturated rings. The molecule has 0 bridgehead atoms. The standard InChI is InChI=1S/C15H10.2ClH.Ru/c1-2-6-12(7-3-1)15-11-10-13-8-4-5-9-14(13)15;;;/h1-9,11H;2*1H;/q;;;+2/p-2. The van der Waals surface area contributed by atoms with E-state index in [9.17, 15) is 0 Å².